The summed E-state index contributed by atoms with van der Waals surface area (Å²) in [7, 11) is 1.80. The molecule has 1 saturated heterocycles. The van der Waals surface area contributed by atoms with Crippen LogP contribution in [0.15, 0.2) is 30.3 Å². The van der Waals surface area contributed by atoms with Crippen LogP contribution in [0.4, 0.5) is 4.79 Å². The fourth-order valence-electron chi connectivity index (χ4n) is 2.14. The third-order valence-electron chi connectivity index (χ3n) is 3.13. The van der Waals surface area contributed by atoms with Gasteiger partial charge in [0.05, 0.1) is 6.67 Å². The molecule has 1 fully saturated rings. The summed E-state index contributed by atoms with van der Waals surface area (Å²) in [5.41, 5.74) is 1.08. The highest BCUT2D eigenvalue weighted by Crippen LogP contribution is 2.13. The molecule has 0 N–H and O–H groups in total. The number of imide groups is 2. The molecule has 1 aromatic rings. The van der Waals surface area contributed by atoms with E-state index < -0.39 is 17.8 Å². The van der Waals surface area contributed by atoms with E-state index in [-0.39, 0.29) is 13.2 Å². The summed E-state index contributed by atoms with van der Waals surface area (Å²) in [5, 5.41) is 0. The van der Waals surface area contributed by atoms with Crippen molar-refractivity contribution in [3.8, 4) is 0 Å². The van der Waals surface area contributed by atoms with Crippen LogP contribution in [-0.2, 0) is 16.1 Å². The Labute approximate surface area is 117 Å². The number of benzene rings is 1. The van der Waals surface area contributed by atoms with E-state index in [0.29, 0.717) is 6.54 Å². The van der Waals surface area contributed by atoms with E-state index in [4.69, 9.17) is 0 Å². The molecule has 1 aromatic carbocycles. The average molecular weight is 275 g/mol. The molecule has 1 heterocycles. The third-order valence-corrected chi connectivity index (χ3v) is 3.13. The summed E-state index contributed by atoms with van der Waals surface area (Å²) in [6.45, 7) is 2.58. The number of urea groups is 1. The smallest absolute Gasteiger partial charge is 0.284 e. The van der Waals surface area contributed by atoms with Crippen LogP contribution in [-0.4, -0.2) is 52.8 Å². The summed E-state index contributed by atoms with van der Waals surface area (Å²) < 4.78 is 0. The maximum Gasteiger partial charge on any atom is 0.335 e. The van der Waals surface area contributed by atoms with Gasteiger partial charge in [0, 0.05) is 13.1 Å². The molecule has 6 heteroatoms. The topological polar surface area (TPSA) is 60.9 Å². The zero-order valence-electron chi connectivity index (χ0n) is 11.6. The van der Waals surface area contributed by atoms with Crippen LogP contribution in [0.25, 0.3) is 0 Å². The Morgan fingerprint density at radius 3 is 2.15 bits per heavy atom. The predicted molar refractivity (Wildman–Crippen MR) is 72.4 cm³/mol. The van der Waals surface area contributed by atoms with Gasteiger partial charge in [0.1, 0.15) is 0 Å². The molecule has 1 aliphatic heterocycles. The molecule has 0 radical (unpaired) electrons. The van der Waals surface area contributed by atoms with Crippen molar-refractivity contribution in [2.45, 2.75) is 13.5 Å². The SMILES string of the molecule is CCN1C(=O)C(=O)N(CN(C)Cc2ccccc2)C1=O. The van der Waals surface area contributed by atoms with Crippen LogP contribution in [0, 0.1) is 0 Å². The fourth-order valence-corrected chi connectivity index (χ4v) is 2.14. The van der Waals surface area contributed by atoms with Gasteiger partial charge in [-0.15, -0.1) is 0 Å². The van der Waals surface area contributed by atoms with Gasteiger partial charge < -0.3 is 0 Å². The van der Waals surface area contributed by atoms with Crippen LogP contribution in [0.2, 0.25) is 0 Å². The third kappa shape index (κ3) is 2.70. The monoisotopic (exact) mass is 275 g/mol. The maximum atomic E-state index is 11.9. The van der Waals surface area contributed by atoms with E-state index in [2.05, 4.69) is 0 Å². The Bertz CT molecular complexity index is 530. The van der Waals surface area contributed by atoms with Crippen LogP contribution in [0.5, 0.6) is 0 Å². The maximum absolute atomic E-state index is 11.9. The first-order valence-corrected chi connectivity index (χ1v) is 6.44. The van der Waals surface area contributed by atoms with E-state index in [0.717, 1.165) is 15.4 Å². The van der Waals surface area contributed by atoms with Gasteiger partial charge in [-0.05, 0) is 19.5 Å². The molecule has 1 aliphatic rings. The molecule has 0 atom stereocenters. The number of hydrogen-bond acceptors (Lipinski definition) is 4. The van der Waals surface area contributed by atoms with Crippen LogP contribution < -0.4 is 0 Å². The highest BCUT2D eigenvalue weighted by Gasteiger charge is 2.43. The fraction of sp³-hybridized carbons (Fsp3) is 0.357. The van der Waals surface area contributed by atoms with Crippen molar-refractivity contribution in [3.05, 3.63) is 35.9 Å². The van der Waals surface area contributed by atoms with Gasteiger partial charge in [-0.1, -0.05) is 30.3 Å². The van der Waals surface area contributed by atoms with E-state index in [9.17, 15) is 14.4 Å². The van der Waals surface area contributed by atoms with Gasteiger partial charge in [0.25, 0.3) is 0 Å². The quantitative estimate of drug-likeness (QED) is 0.591. The minimum Gasteiger partial charge on any atom is -0.284 e. The number of likely N-dealkylation sites (N-methyl/N-ethyl adjacent to an activating group) is 1. The minimum atomic E-state index is -0.753. The number of carbonyl (C=O) groups is 3. The Morgan fingerprint density at radius 1 is 1.00 bits per heavy atom. The number of carbonyl (C=O) groups excluding carboxylic acids is 3. The second-order valence-corrected chi connectivity index (χ2v) is 4.71. The molecular formula is C14H17N3O3. The minimum absolute atomic E-state index is 0.106. The van der Waals surface area contributed by atoms with E-state index in [1.807, 2.05) is 35.2 Å². The van der Waals surface area contributed by atoms with Gasteiger partial charge >= 0.3 is 17.8 Å². The zero-order chi connectivity index (χ0) is 14.7. The van der Waals surface area contributed by atoms with Crippen molar-refractivity contribution in [2.75, 3.05) is 20.3 Å². The molecule has 2 rings (SSSR count). The molecular weight excluding hydrogens is 258 g/mol. The van der Waals surface area contributed by atoms with Crippen molar-refractivity contribution in [1.82, 2.24) is 14.7 Å². The van der Waals surface area contributed by atoms with Gasteiger partial charge in [-0.25, -0.2) is 9.69 Å². The number of amides is 4. The van der Waals surface area contributed by atoms with Crippen LogP contribution in [0.3, 0.4) is 0 Å². The lowest BCUT2D eigenvalue weighted by Gasteiger charge is -2.22. The van der Waals surface area contributed by atoms with Crippen molar-refractivity contribution in [1.29, 1.82) is 0 Å². The first kappa shape index (κ1) is 14.2. The Hall–Kier alpha value is -2.21. The number of rotatable bonds is 5. The molecule has 6 nitrogen and oxygen atoms in total. The second kappa shape index (κ2) is 5.83. The Kier molecular flexibility index (Phi) is 4.14. The first-order valence-electron chi connectivity index (χ1n) is 6.44. The van der Waals surface area contributed by atoms with E-state index in [1.165, 1.54) is 0 Å². The highest BCUT2D eigenvalue weighted by atomic mass is 16.2. The summed E-state index contributed by atoms with van der Waals surface area (Å²) in [4.78, 5) is 39.0. The molecule has 0 aromatic heterocycles. The van der Waals surface area contributed by atoms with Crippen LogP contribution >= 0.6 is 0 Å². The van der Waals surface area contributed by atoms with Gasteiger partial charge in [-0.2, -0.15) is 0 Å². The van der Waals surface area contributed by atoms with Crippen molar-refractivity contribution >= 4 is 17.8 Å². The lowest BCUT2D eigenvalue weighted by Crippen LogP contribution is -2.40. The standard InChI is InChI=1S/C14H17N3O3/c1-3-16-12(18)13(19)17(14(16)20)10-15(2)9-11-7-5-4-6-8-11/h4-8H,3,9-10H2,1-2H3. The molecule has 0 saturated carbocycles. The molecule has 20 heavy (non-hydrogen) atoms. The number of hydrogen-bond donors (Lipinski definition) is 0. The molecule has 0 aliphatic carbocycles. The van der Waals surface area contributed by atoms with Crippen molar-refractivity contribution in [3.63, 3.8) is 0 Å². The number of nitrogens with zero attached hydrogens (tertiary/aromatic N) is 3. The normalized spacial score (nSPS) is 15.7. The summed E-state index contributed by atoms with van der Waals surface area (Å²) in [6, 6.07) is 9.17. The van der Waals surface area contributed by atoms with E-state index in [1.54, 1.807) is 14.0 Å². The lowest BCUT2D eigenvalue weighted by atomic mass is 10.2. The second-order valence-electron chi connectivity index (χ2n) is 4.71. The van der Waals surface area contributed by atoms with Crippen molar-refractivity contribution < 1.29 is 14.4 Å². The largest absolute Gasteiger partial charge is 0.335 e. The summed E-state index contributed by atoms with van der Waals surface area (Å²) >= 11 is 0. The molecule has 0 unspecified atom stereocenters. The molecule has 106 valence electrons. The van der Waals surface area contributed by atoms with E-state index >= 15 is 0 Å². The highest BCUT2D eigenvalue weighted by molar-refractivity contribution is 6.44. The zero-order valence-corrected chi connectivity index (χ0v) is 11.6. The molecule has 0 bridgehead atoms. The Balaban J connectivity index is 2.01. The molecule has 0 spiro atoms. The van der Waals surface area contributed by atoms with Gasteiger partial charge in [0.2, 0.25) is 0 Å². The first-order chi connectivity index (χ1) is 9.54. The van der Waals surface area contributed by atoms with Crippen LogP contribution in [0.1, 0.15) is 12.5 Å². The lowest BCUT2D eigenvalue weighted by molar-refractivity contribution is -0.143. The van der Waals surface area contributed by atoms with Gasteiger partial charge in [0.15, 0.2) is 0 Å². The average Bonchev–Trinajstić information content (AvgIpc) is 2.64. The van der Waals surface area contributed by atoms with Gasteiger partial charge in [-0.3, -0.25) is 19.4 Å². The Morgan fingerprint density at radius 2 is 1.60 bits per heavy atom. The molecule has 4 amide bonds. The predicted octanol–water partition coefficient (Wildman–Crippen LogP) is 0.887. The summed E-state index contributed by atoms with van der Waals surface area (Å²) in [5.74, 6) is -1.50. The summed E-state index contributed by atoms with van der Waals surface area (Å²) in [6.07, 6.45) is 0. The van der Waals surface area contributed by atoms with Crippen molar-refractivity contribution in [2.24, 2.45) is 0 Å².